The lowest BCUT2D eigenvalue weighted by molar-refractivity contribution is -0.139. The highest BCUT2D eigenvalue weighted by Gasteiger charge is 2.08. The van der Waals surface area contributed by atoms with Gasteiger partial charge in [0.25, 0.3) is 0 Å². The average molecular weight is 234 g/mol. The first-order chi connectivity index (χ1) is 7.36. The van der Waals surface area contributed by atoms with Crippen molar-refractivity contribution >= 4 is 11.9 Å². The molecule has 0 aromatic heterocycles. The first-order valence-corrected chi connectivity index (χ1v) is 5.33. The minimum Gasteiger partial charge on any atom is -0.480 e. The van der Waals surface area contributed by atoms with Gasteiger partial charge < -0.3 is 21.7 Å². The normalized spacial score (nSPS) is 13.2. The van der Waals surface area contributed by atoms with Crippen LogP contribution in [0.1, 0.15) is 39.5 Å². The zero-order valence-corrected chi connectivity index (χ0v) is 9.85. The lowest BCUT2D eigenvalue weighted by atomic mass is 10.1. The van der Waals surface area contributed by atoms with Gasteiger partial charge in [-0.3, -0.25) is 9.59 Å². The van der Waals surface area contributed by atoms with E-state index in [1.807, 2.05) is 6.92 Å². The van der Waals surface area contributed by atoms with E-state index in [0.29, 0.717) is 12.8 Å². The molecule has 6 nitrogen and oxygen atoms in total. The van der Waals surface area contributed by atoms with E-state index in [2.05, 4.69) is 0 Å². The molecule has 1 unspecified atom stereocenters. The van der Waals surface area contributed by atoms with Crippen molar-refractivity contribution in [2.75, 3.05) is 0 Å². The van der Waals surface area contributed by atoms with Crippen LogP contribution >= 0.6 is 0 Å². The lowest BCUT2D eigenvalue weighted by Crippen LogP contribution is -2.29. The van der Waals surface area contributed by atoms with Crippen molar-refractivity contribution in [2.45, 2.75) is 51.6 Å². The number of carboxylic acids is 2. The molecule has 0 saturated heterocycles. The molecular formula is C10H22N2O4. The van der Waals surface area contributed by atoms with E-state index in [0.717, 1.165) is 12.8 Å². The van der Waals surface area contributed by atoms with Crippen molar-refractivity contribution in [3.05, 3.63) is 0 Å². The van der Waals surface area contributed by atoms with E-state index in [-0.39, 0.29) is 0 Å². The Morgan fingerprint density at radius 3 is 1.69 bits per heavy atom. The van der Waals surface area contributed by atoms with Crippen LogP contribution in [-0.4, -0.2) is 34.2 Å². The Kier molecular flexibility index (Phi) is 11.2. The van der Waals surface area contributed by atoms with Gasteiger partial charge in [0.2, 0.25) is 0 Å². The monoisotopic (exact) mass is 234 g/mol. The smallest absolute Gasteiger partial charge is 0.320 e. The van der Waals surface area contributed by atoms with Gasteiger partial charge in [-0.1, -0.05) is 26.7 Å². The molecule has 0 fully saturated rings. The maximum absolute atomic E-state index is 10.1. The van der Waals surface area contributed by atoms with Crippen molar-refractivity contribution in [1.29, 1.82) is 0 Å². The fourth-order valence-electron chi connectivity index (χ4n) is 0.722. The first-order valence-electron chi connectivity index (χ1n) is 5.33. The Balaban J connectivity index is 0. The van der Waals surface area contributed by atoms with Crippen LogP contribution in [0.2, 0.25) is 0 Å². The highest BCUT2D eigenvalue weighted by atomic mass is 16.4. The summed E-state index contributed by atoms with van der Waals surface area (Å²) in [5.74, 6) is -1.83. The van der Waals surface area contributed by atoms with Gasteiger partial charge in [-0.15, -0.1) is 0 Å². The SMILES string of the molecule is CCC(N)C(=O)O.CCCC[C@H](N)C(=O)O. The predicted molar refractivity (Wildman–Crippen MR) is 61.0 cm³/mol. The minimum atomic E-state index is -0.928. The molecule has 0 aliphatic carbocycles. The largest absolute Gasteiger partial charge is 0.480 e. The van der Waals surface area contributed by atoms with E-state index >= 15 is 0 Å². The molecule has 16 heavy (non-hydrogen) atoms. The van der Waals surface area contributed by atoms with E-state index in [1.54, 1.807) is 6.92 Å². The van der Waals surface area contributed by atoms with Crippen LogP contribution in [0.25, 0.3) is 0 Å². The summed E-state index contributed by atoms with van der Waals surface area (Å²) in [7, 11) is 0. The Morgan fingerprint density at radius 2 is 1.50 bits per heavy atom. The average Bonchev–Trinajstić information content (AvgIpc) is 2.25. The van der Waals surface area contributed by atoms with E-state index in [1.165, 1.54) is 0 Å². The lowest BCUT2D eigenvalue weighted by Gasteiger charge is -2.02. The van der Waals surface area contributed by atoms with Gasteiger partial charge in [-0.2, -0.15) is 0 Å². The predicted octanol–water partition coefficient (Wildman–Crippen LogP) is 0.397. The number of carboxylic acid groups (broad SMARTS) is 2. The summed E-state index contributed by atoms with van der Waals surface area (Å²) in [5.41, 5.74) is 10.2. The molecule has 0 amide bonds. The number of hydrogen-bond acceptors (Lipinski definition) is 4. The van der Waals surface area contributed by atoms with Crippen molar-refractivity contribution in [2.24, 2.45) is 11.5 Å². The third kappa shape index (κ3) is 10.9. The van der Waals surface area contributed by atoms with Crippen LogP contribution < -0.4 is 11.5 Å². The Morgan fingerprint density at radius 1 is 1.06 bits per heavy atom. The molecule has 2 atom stereocenters. The second-order valence-corrected chi connectivity index (χ2v) is 3.44. The number of aliphatic carboxylic acids is 2. The standard InChI is InChI=1S/C6H13NO2.C4H9NO2/c1-2-3-4-5(7)6(8)9;1-2-3(5)4(6)7/h5H,2-4,7H2,1H3,(H,8,9);3H,2,5H2,1H3,(H,6,7)/t5-;/m0./s1. The van der Waals surface area contributed by atoms with E-state index < -0.39 is 24.0 Å². The molecule has 0 aliphatic rings. The molecule has 96 valence electrons. The van der Waals surface area contributed by atoms with Crippen LogP contribution in [0, 0.1) is 0 Å². The van der Waals surface area contributed by atoms with Crippen LogP contribution in [0.15, 0.2) is 0 Å². The number of hydrogen-bond donors (Lipinski definition) is 4. The van der Waals surface area contributed by atoms with Crippen molar-refractivity contribution < 1.29 is 19.8 Å². The van der Waals surface area contributed by atoms with Crippen molar-refractivity contribution in [1.82, 2.24) is 0 Å². The molecule has 0 heterocycles. The van der Waals surface area contributed by atoms with Crippen molar-refractivity contribution in [3.8, 4) is 0 Å². The number of nitrogens with two attached hydrogens (primary N) is 2. The van der Waals surface area contributed by atoms with Crippen LogP contribution in [0.4, 0.5) is 0 Å². The molecular weight excluding hydrogens is 212 g/mol. The maximum atomic E-state index is 10.1. The summed E-state index contributed by atoms with van der Waals surface area (Å²) >= 11 is 0. The highest BCUT2D eigenvalue weighted by Crippen LogP contribution is 1.96. The molecule has 0 aliphatic heterocycles. The maximum Gasteiger partial charge on any atom is 0.320 e. The molecule has 0 aromatic carbocycles. The first kappa shape index (κ1) is 17.3. The molecule has 0 spiro atoms. The van der Waals surface area contributed by atoms with Crippen LogP contribution in [0.5, 0.6) is 0 Å². The topological polar surface area (TPSA) is 127 Å². The second kappa shape index (κ2) is 10.4. The van der Waals surface area contributed by atoms with Gasteiger partial charge in [-0.25, -0.2) is 0 Å². The fourth-order valence-corrected chi connectivity index (χ4v) is 0.722. The van der Waals surface area contributed by atoms with E-state index in [9.17, 15) is 9.59 Å². The second-order valence-electron chi connectivity index (χ2n) is 3.44. The molecule has 0 bridgehead atoms. The Labute approximate surface area is 95.6 Å². The van der Waals surface area contributed by atoms with Gasteiger partial charge in [-0.05, 0) is 12.8 Å². The third-order valence-corrected chi connectivity index (χ3v) is 1.94. The zero-order valence-electron chi connectivity index (χ0n) is 9.85. The molecule has 0 radical (unpaired) electrons. The summed E-state index contributed by atoms with van der Waals surface area (Å²) in [6.07, 6.45) is 2.98. The zero-order chi connectivity index (χ0) is 13.1. The number of rotatable bonds is 6. The summed E-state index contributed by atoms with van der Waals surface area (Å²) < 4.78 is 0. The fraction of sp³-hybridized carbons (Fsp3) is 0.800. The summed E-state index contributed by atoms with van der Waals surface area (Å²) in [4.78, 5) is 19.9. The van der Waals surface area contributed by atoms with Gasteiger partial charge in [0.15, 0.2) is 0 Å². The molecule has 0 saturated carbocycles. The van der Waals surface area contributed by atoms with Gasteiger partial charge in [0, 0.05) is 0 Å². The van der Waals surface area contributed by atoms with Crippen molar-refractivity contribution in [3.63, 3.8) is 0 Å². The third-order valence-electron chi connectivity index (χ3n) is 1.94. The van der Waals surface area contributed by atoms with Gasteiger partial charge in [0.05, 0.1) is 0 Å². The van der Waals surface area contributed by atoms with Gasteiger partial charge >= 0.3 is 11.9 Å². The Hall–Kier alpha value is -1.14. The molecule has 0 aromatic rings. The van der Waals surface area contributed by atoms with Crippen LogP contribution in [0.3, 0.4) is 0 Å². The highest BCUT2D eigenvalue weighted by molar-refractivity contribution is 5.73. The minimum absolute atomic E-state index is 0.495. The number of carbonyl (C=O) groups is 2. The number of unbranched alkanes of at least 4 members (excludes halogenated alkanes) is 1. The van der Waals surface area contributed by atoms with Crippen LogP contribution in [-0.2, 0) is 9.59 Å². The van der Waals surface area contributed by atoms with Gasteiger partial charge in [0.1, 0.15) is 12.1 Å². The molecule has 0 rings (SSSR count). The quantitative estimate of drug-likeness (QED) is 0.526. The Bertz CT molecular complexity index is 209. The summed E-state index contributed by atoms with van der Waals surface area (Å²) in [5, 5.41) is 16.3. The molecule has 6 N–H and O–H groups in total. The van der Waals surface area contributed by atoms with E-state index in [4.69, 9.17) is 21.7 Å². The summed E-state index contributed by atoms with van der Waals surface area (Å²) in [6.45, 7) is 3.74. The summed E-state index contributed by atoms with van der Waals surface area (Å²) in [6, 6.07) is -1.34. The molecule has 6 heteroatoms.